The van der Waals surface area contributed by atoms with Gasteiger partial charge >= 0.3 is 6.09 Å². The van der Waals surface area contributed by atoms with Crippen LogP contribution >= 0.6 is 0 Å². The van der Waals surface area contributed by atoms with Gasteiger partial charge in [0.05, 0.1) is 0 Å². The van der Waals surface area contributed by atoms with Crippen molar-refractivity contribution >= 4 is 6.09 Å². The minimum absolute atomic E-state index is 0.270. The largest absolute Gasteiger partial charge is 0.445 e. The molecule has 5 nitrogen and oxygen atoms in total. The molecule has 2 aromatic rings. The third kappa shape index (κ3) is 5.41. The van der Waals surface area contributed by atoms with Crippen LogP contribution in [-0.2, 0) is 18.4 Å². The Morgan fingerprint density at radius 3 is 2.86 bits per heavy atom. The van der Waals surface area contributed by atoms with Gasteiger partial charge < -0.3 is 10.1 Å². The highest BCUT2D eigenvalue weighted by atomic mass is 16.5. The molecule has 108 valence electrons. The van der Waals surface area contributed by atoms with Gasteiger partial charge in [-0.2, -0.15) is 5.10 Å². The first-order valence-electron chi connectivity index (χ1n) is 6.67. The van der Waals surface area contributed by atoms with Gasteiger partial charge in [0.25, 0.3) is 0 Å². The Morgan fingerprint density at radius 1 is 1.33 bits per heavy atom. The number of carbonyl (C=O) groups is 1. The summed E-state index contributed by atoms with van der Waals surface area (Å²) in [7, 11) is 1.84. The normalized spacial score (nSPS) is 9.57. The van der Waals surface area contributed by atoms with Crippen molar-refractivity contribution in [1.82, 2.24) is 15.1 Å². The molecule has 1 aromatic heterocycles. The smallest absolute Gasteiger partial charge is 0.407 e. The van der Waals surface area contributed by atoms with E-state index in [1.165, 1.54) is 0 Å². The van der Waals surface area contributed by atoms with Crippen LogP contribution in [0.3, 0.4) is 0 Å². The molecule has 0 aliphatic carbocycles. The van der Waals surface area contributed by atoms with Crippen molar-refractivity contribution in [3.8, 4) is 11.8 Å². The number of carbonyl (C=O) groups excluding carboxylic acids is 1. The van der Waals surface area contributed by atoms with E-state index in [-0.39, 0.29) is 6.61 Å². The Balaban J connectivity index is 1.62. The molecule has 0 saturated carbocycles. The molecule has 0 unspecified atom stereocenters. The molecule has 0 aliphatic rings. The number of hydrogen-bond acceptors (Lipinski definition) is 3. The summed E-state index contributed by atoms with van der Waals surface area (Å²) in [5.41, 5.74) is 1.69. The van der Waals surface area contributed by atoms with Crippen LogP contribution in [0.25, 0.3) is 0 Å². The van der Waals surface area contributed by atoms with Crippen molar-refractivity contribution in [2.45, 2.75) is 13.0 Å². The molecule has 0 atom stereocenters. The van der Waals surface area contributed by atoms with Gasteiger partial charge in [-0.05, 0) is 17.6 Å². The maximum absolute atomic E-state index is 11.5. The number of benzene rings is 1. The summed E-state index contributed by atoms with van der Waals surface area (Å²) in [5.74, 6) is 5.87. The van der Waals surface area contributed by atoms with Crippen LogP contribution in [0.15, 0.2) is 42.6 Å². The summed E-state index contributed by atoms with van der Waals surface area (Å²) in [4.78, 5) is 11.5. The van der Waals surface area contributed by atoms with Crippen LogP contribution in [0.4, 0.5) is 4.79 Å². The van der Waals surface area contributed by atoms with Gasteiger partial charge in [-0.3, -0.25) is 4.68 Å². The first-order chi connectivity index (χ1) is 10.2. The fourth-order valence-corrected chi connectivity index (χ4v) is 1.64. The highest BCUT2D eigenvalue weighted by Gasteiger charge is 2.00. The van der Waals surface area contributed by atoms with E-state index in [1.54, 1.807) is 4.68 Å². The quantitative estimate of drug-likeness (QED) is 0.690. The molecule has 1 amide bonds. The van der Waals surface area contributed by atoms with E-state index < -0.39 is 6.09 Å². The van der Waals surface area contributed by atoms with Crippen LogP contribution in [0.5, 0.6) is 0 Å². The maximum Gasteiger partial charge on any atom is 0.407 e. The summed E-state index contributed by atoms with van der Waals surface area (Å²) < 4.78 is 6.78. The molecule has 0 aliphatic heterocycles. The number of aromatic nitrogens is 2. The first kappa shape index (κ1) is 14.7. The van der Waals surface area contributed by atoms with Gasteiger partial charge in [-0.15, -0.1) is 0 Å². The zero-order valence-electron chi connectivity index (χ0n) is 11.9. The monoisotopic (exact) mass is 283 g/mol. The van der Waals surface area contributed by atoms with Crippen molar-refractivity contribution in [1.29, 1.82) is 0 Å². The first-order valence-corrected chi connectivity index (χ1v) is 6.67. The van der Waals surface area contributed by atoms with Gasteiger partial charge in [0.2, 0.25) is 0 Å². The van der Waals surface area contributed by atoms with Crippen LogP contribution in [0.2, 0.25) is 0 Å². The lowest BCUT2D eigenvalue weighted by atomic mass is 10.2. The van der Waals surface area contributed by atoms with E-state index in [2.05, 4.69) is 22.3 Å². The molecule has 0 fully saturated rings. The van der Waals surface area contributed by atoms with Gasteiger partial charge in [0.1, 0.15) is 12.3 Å². The Morgan fingerprint density at radius 2 is 2.14 bits per heavy atom. The number of rotatable bonds is 4. The topological polar surface area (TPSA) is 56.2 Å². The third-order valence-electron chi connectivity index (χ3n) is 2.66. The highest BCUT2D eigenvalue weighted by molar-refractivity contribution is 5.67. The summed E-state index contributed by atoms with van der Waals surface area (Å²) >= 11 is 0. The Labute approximate surface area is 123 Å². The summed E-state index contributed by atoms with van der Waals surface area (Å²) in [6.45, 7) is 0.722. The molecule has 1 heterocycles. The van der Waals surface area contributed by atoms with E-state index in [1.807, 2.05) is 49.6 Å². The number of alkyl carbamates (subject to hydrolysis) is 1. The Hall–Kier alpha value is -2.74. The van der Waals surface area contributed by atoms with Crippen LogP contribution in [0.1, 0.15) is 17.7 Å². The average molecular weight is 283 g/mol. The second-order valence-corrected chi connectivity index (χ2v) is 4.41. The lowest BCUT2D eigenvalue weighted by molar-refractivity contribution is 0.140. The van der Waals surface area contributed by atoms with Crippen molar-refractivity contribution in [3.63, 3.8) is 0 Å². The van der Waals surface area contributed by atoms with Gasteiger partial charge in [-0.25, -0.2) is 4.79 Å². The van der Waals surface area contributed by atoms with Gasteiger partial charge in [0, 0.05) is 26.2 Å². The average Bonchev–Trinajstić information content (AvgIpc) is 2.91. The molecule has 0 saturated heterocycles. The second kappa shape index (κ2) is 7.75. The van der Waals surface area contributed by atoms with Crippen LogP contribution in [-0.4, -0.2) is 22.4 Å². The fraction of sp³-hybridized carbons (Fsp3) is 0.250. The zero-order valence-corrected chi connectivity index (χ0v) is 11.9. The SMILES string of the molecule is Cn1ccc(C#CCCNC(=O)OCc2ccccc2)n1. The number of aryl methyl sites for hydroxylation is 1. The summed E-state index contributed by atoms with van der Waals surface area (Å²) in [6.07, 6.45) is 1.96. The van der Waals surface area contributed by atoms with Crippen molar-refractivity contribution in [2.75, 3.05) is 6.54 Å². The van der Waals surface area contributed by atoms with Crippen LogP contribution in [0, 0.1) is 11.8 Å². The van der Waals surface area contributed by atoms with E-state index in [0.717, 1.165) is 11.3 Å². The van der Waals surface area contributed by atoms with Gasteiger partial charge in [-0.1, -0.05) is 36.3 Å². The molecule has 2 rings (SSSR count). The second-order valence-electron chi connectivity index (χ2n) is 4.41. The molecule has 0 radical (unpaired) electrons. The molecule has 1 aromatic carbocycles. The number of ether oxygens (including phenoxy) is 1. The fourth-order valence-electron chi connectivity index (χ4n) is 1.64. The standard InChI is InChI=1S/C16H17N3O2/c1-19-12-10-15(18-19)9-5-6-11-17-16(20)21-13-14-7-3-2-4-8-14/h2-4,7-8,10,12H,6,11,13H2,1H3,(H,17,20). The Bertz CT molecular complexity index is 638. The highest BCUT2D eigenvalue weighted by Crippen LogP contribution is 2.00. The van der Waals surface area contributed by atoms with E-state index in [9.17, 15) is 4.79 Å². The van der Waals surface area contributed by atoms with E-state index in [0.29, 0.717) is 13.0 Å². The minimum atomic E-state index is -0.432. The predicted molar refractivity (Wildman–Crippen MR) is 79.3 cm³/mol. The lowest BCUT2D eigenvalue weighted by Crippen LogP contribution is -2.24. The van der Waals surface area contributed by atoms with E-state index in [4.69, 9.17) is 4.74 Å². The molecule has 5 heteroatoms. The Kier molecular flexibility index (Phi) is 5.41. The molecule has 21 heavy (non-hydrogen) atoms. The number of nitrogens with zero attached hydrogens (tertiary/aromatic N) is 2. The summed E-state index contributed by atoms with van der Waals surface area (Å²) in [5, 5.41) is 6.79. The molecule has 0 bridgehead atoms. The molecule has 0 spiro atoms. The predicted octanol–water partition coefficient (Wildman–Crippen LogP) is 2.09. The van der Waals surface area contributed by atoms with Gasteiger partial charge in [0.15, 0.2) is 0 Å². The third-order valence-corrected chi connectivity index (χ3v) is 2.66. The maximum atomic E-state index is 11.5. The van der Waals surface area contributed by atoms with Crippen molar-refractivity contribution in [2.24, 2.45) is 7.05 Å². The van der Waals surface area contributed by atoms with Crippen molar-refractivity contribution < 1.29 is 9.53 Å². The van der Waals surface area contributed by atoms with E-state index >= 15 is 0 Å². The number of amides is 1. The number of hydrogen-bond donors (Lipinski definition) is 1. The van der Waals surface area contributed by atoms with Crippen LogP contribution < -0.4 is 5.32 Å². The molecular formula is C16H17N3O2. The van der Waals surface area contributed by atoms with Crippen molar-refractivity contribution in [3.05, 3.63) is 53.9 Å². The lowest BCUT2D eigenvalue weighted by Gasteiger charge is -2.05. The molecule has 1 N–H and O–H groups in total. The number of nitrogens with one attached hydrogen (secondary N) is 1. The molecular weight excluding hydrogens is 266 g/mol. The zero-order chi connectivity index (χ0) is 14.9. The minimum Gasteiger partial charge on any atom is -0.445 e. The summed E-state index contributed by atoms with van der Waals surface area (Å²) in [6, 6.07) is 11.4.